The van der Waals surface area contributed by atoms with Gasteiger partial charge in [0.1, 0.15) is 11.5 Å². The van der Waals surface area contributed by atoms with Crippen molar-refractivity contribution in [3.63, 3.8) is 0 Å². The highest BCUT2D eigenvalue weighted by atomic mass is 16.5. The number of hydrogen-bond donors (Lipinski definition) is 1. The zero-order valence-electron chi connectivity index (χ0n) is 16.9. The summed E-state index contributed by atoms with van der Waals surface area (Å²) >= 11 is 0. The van der Waals surface area contributed by atoms with E-state index in [2.05, 4.69) is 17.1 Å². The van der Waals surface area contributed by atoms with Crippen LogP contribution >= 0.6 is 0 Å². The Bertz CT molecular complexity index is 629. The molecule has 2 aliphatic rings. The number of piperidine rings is 1. The molecule has 2 aliphatic heterocycles. The normalized spacial score (nSPS) is 21.3. The predicted molar refractivity (Wildman–Crippen MR) is 106 cm³/mol. The lowest BCUT2D eigenvalue weighted by molar-refractivity contribution is 0.178. The van der Waals surface area contributed by atoms with Crippen LogP contribution < -0.4 is 14.8 Å². The van der Waals surface area contributed by atoms with E-state index in [1.165, 1.54) is 12.8 Å². The summed E-state index contributed by atoms with van der Waals surface area (Å²) in [6, 6.07) is 5.93. The molecule has 2 fully saturated rings. The van der Waals surface area contributed by atoms with Gasteiger partial charge in [-0.25, -0.2) is 4.79 Å². The molecule has 1 atom stereocenters. The third kappa shape index (κ3) is 4.86. The second-order valence-corrected chi connectivity index (χ2v) is 7.72. The van der Waals surface area contributed by atoms with Gasteiger partial charge in [0.2, 0.25) is 0 Å². The van der Waals surface area contributed by atoms with Gasteiger partial charge in [-0.3, -0.25) is 0 Å². The molecule has 0 aromatic heterocycles. The van der Waals surface area contributed by atoms with Crippen molar-refractivity contribution in [3.8, 4) is 11.5 Å². The van der Waals surface area contributed by atoms with Crippen LogP contribution in [0.5, 0.6) is 11.5 Å². The number of carbonyl (C=O) groups excluding carboxylic acids is 1. The minimum atomic E-state index is 0.0285. The van der Waals surface area contributed by atoms with Crippen molar-refractivity contribution in [2.75, 3.05) is 46.9 Å². The van der Waals surface area contributed by atoms with Crippen LogP contribution in [-0.2, 0) is 0 Å². The summed E-state index contributed by atoms with van der Waals surface area (Å²) in [6.07, 6.45) is 4.50. The van der Waals surface area contributed by atoms with Gasteiger partial charge in [0, 0.05) is 31.3 Å². The Labute approximate surface area is 162 Å². The number of benzene rings is 1. The molecule has 2 heterocycles. The zero-order valence-corrected chi connectivity index (χ0v) is 16.9. The first-order valence-electron chi connectivity index (χ1n) is 10.1. The maximum atomic E-state index is 12.8. The third-order valence-corrected chi connectivity index (χ3v) is 5.89. The fourth-order valence-electron chi connectivity index (χ4n) is 4.14. The van der Waals surface area contributed by atoms with Gasteiger partial charge < -0.3 is 24.6 Å². The molecule has 0 radical (unpaired) electrons. The third-order valence-electron chi connectivity index (χ3n) is 5.89. The van der Waals surface area contributed by atoms with Gasteiger partial charge in [-0.15, -0.1) is 0 Å². The summed E-state index contributed by atoms with van der Waals surface area (Å²) in [6.45, 7) is 7.03. The Morgan fingerprint density at radius 1 is 1.15 bits per heavy atom. The minimum absolute atomic E-state index is 0.0285. The first kappa shape index (κ1) is 19.8. The van der Waals surface area contributed by atoms with Gasteiger partial charge in [-0.1, -0.05) is 6.92 Å². The molecule has 2 amide bonds. The van der Waals surface area contributed by atoms with Gasteiger partial charge in [0.25, 0.3) is 0 Å². The summed E-state index contributed by atoms with van der Waals surface area (Å²) in [5.74, 6) is 2.38. The highest BCUT2D eigenvalue weighted by Crippen LogP contribution is 2.38. The van der Waals surface area contributed by atoms with E-state index in [-0.39, 0.29) is 12.1 Å². The summed E-state index contributed by atoms with van der Waals surface area (Å²) in [7, 11) is 3.31. The van der Waals surface area contributed by atoms with E-state index in [4.69, 9.17) is 9.47 Å². The fraction of sp³-hybridized carbons (Fsp3) is 0.667. The SMILES string of the molecule is COc1ccc(C2CCCN2C(=O)NCCN2CCC(C)CC2)c(OC)c1. The van der Waals surface area contributed by atoms with E-state index in [1.807, 2.05) is 23.1 Å². The van der Waals surface area contributed by atoms with Gasteiger partial charge in [-0.2, -0.15) is 0 Å². The molecule has 0 bridgehead atoms. The highest BCUT2D eigenvalue weighted by Gasteiger charge is 2.32. The van der Waals surface area contributed by atoms with Crippen molar-refractivity contribution in [2.45, 2.75) is 38.6 Å². The van der Waals surface area contributed by atoms with Crippen molar-refractivity contribution in [3.05, 3.63) is 23.8 Å². The number of likely N-dealkylation sites (tertiary alicyclic amines) is 2. The molecule has 2 saturated heterocycles. The Balaban J connectivity index is 1.56. The topological polar surface area (TPSA) is 54.0 Å². The number of urea groups is 1. The molecule has 6 heteroatoms. The number of rotatable bonds is 6. The average Bonchev–Trinajstić information content (AvgIpc) is 3.18. The van der Waals surface area contributed by atoms with Crippen LogP contribution in [0, 0.1) is 5.92 Å². The smallest absolute Gasteiger partial charge is 0.317 e. The van der Waals surface area contributed by atoms with E-state index in [1.54, 1.807) is 14.2 Å². The molecule has 6 nitrogen and oxygen atoms in total. The Morgan fingerprint density at radius 3 is 2.63 bits per heavy atom. The molecule has 150 valence electrons. The van der Waals surface area contributed by atoms with E-state index < -0.39 is 0 Å². The maximum Gasteiger partial charge on any atom is 0.317 e. The van der Waals surface area contributed by atoms with Crippen LogP contribution in [0.3, 0.4) is 0 Å². The second-order valence-electron chi connectivity index (χ2n) is 7.72. The zero-order chi connectivity index (χ0) is 19.2. The lowest BCUT2D eigenvalue weighted by atomic mass is 9.99. The van der Waals surface area contributed by atoms with Crippen LogP contribution in [0.25, 0.3) is 0 Å². The van der Waals surface area contributed by atoms with E-state index in [0.717, 1.165) is 62.0 Å². The molecule has 1 aromatic rings. The predicted octanol–water partition coefficient (Wildman–Crippen LogP) is 3.28. The van der Waals surface area contributed by atoms with Crippen molar-refractivity contribution in [1.82, 2.24) is 15.1 Å². The molecule has 0 aliphatic carbocycles. The number of nitrogens with zero attached hydrogens (tertiary/aromatic N) is 2. The highest BCUT2D eigenvalue weighted by molar-refractivity contribution is 5.75. The quantitative estimate of drug-likeness (QED) is 0.829. The van der Waals surface area contributed by atoms with Gasteiger partial charge in [-0.05, 0) is 56.8 Å². The number of amides is 2. The van der Waals surface area contributed by atoms with Gasteiger partial charge >= 0.3 is 6.03 Å². The number of nitrogens with one attached hydrogen (secondary N) is 1. The van der Waals surface area contributed by atoms with Crippen LogP contribution in [0.2, 0.25) is 0 Å². The lowest BCUT2D eigenvalue weighted by Crippen LogP contribution is -2.44. The summed E-state index contributed by atoms with van der Waals surface area (Å²) in [4.78, 5) is 17.2. The molecular formula is C21H33N3O3. The van der Waals surface area contributed by atoms with Crippen LogP contribution in [0.1, 0.15) is 44.2 Å². The number of carbonyl (C=O) groups is 1. The first-order valence-corrected chi connectivity index (χ1v) is 10.1. The van der Waals surface area contributed by atoms with E-state index >= 15 is 0 Å². The van der Waals surface area contributed by atoms with Crippen LogP contribution in [0.15, 0.2) is 18.2 Å². The van der Waals surface area contributed by atoms with Crippen molar-refractivity contribution in [2.24, 2.45) is 5.92 Å². The molecular weight excluding hydrogens is 342 g/mol. The molecule has 3 rings (SSSR count). The van der Waals surface area contributed by atoms with Crippen molar-refractivity contribution >= 4 is 6.03 Å². The Kier molecular flexibility index (Phi) is 6.83. The second kappa shape index (κ2) is 9.31. The molecule has 0 spiro atoms. The number of methoxy groups -OCH3 is 2. The number of hydrogen-bond acceptors (Lipinski definition) is 4. The molecule has 27 heavy (non-hydrogen) atoms. The molecule has 1 aromatic carbocycles. The monoisotopic (exact) mass is 375 g/mol. The van der Waals surface area contributed by atoms with E-state index in [0.29, 0.717) is 6.54 Å². The Morgan fingerprint density at radius 2 is 1.93 bits per heavy atom. The van der Waals surface area contributed by atoms with Crippen LogP contribution in [0.4, 0.5) is 4.79 Å². The average molecular weight is 376 g/mol. The fourth-order valence-corrected chi connectivity index (χ4v) is 4.14. The molecule has 0 saturated carbocycles. The molecule has 1 unspecified atom stereocenters. The summed E-state index contributed by atoms with van der Waals surface area (Å²) in [5, 5.41) is 3.12. The summed E-state index contributed by atoms with van der Waals surface area (Å²) in [5.41, 5.74) is 1.05. The summed E-state index contributed by atoms with van der Waals surface area (Å²) < 4.78 is 10.8. The maximum absolute atomic E-state index is 12.8. The number of ether oxygens (including phenoxy) is 2. The largest absolute Gasteiger partial charge is 0.497 e. The standard InChI is InChI=1S/C21H33N3O3/c1-16-8-12-23(13-9-16)14-10-22-21(25)24-11-4-5-19(24)18-7-6-17(26-2)15-20(18)27-3/h6-7,15-16,19H,4-5,8-14H2,1-3H3,(H,22,25). The Hall–Kier alpha value is -1.95. The van der Waals surface area contributed by atoms with E-state index in [9.17, 15) is 4.79 Å². The van der Waals surface area contributed by atoms with Crippen molar-refractivity contribution < 1.29 is 14.3 Å². The van der Waals surface area contributed by atoms with Crippen molar-refractivity contribution in [1.29, 1.82) is 0 Å². The first-order chi connectivity index (χ1) is 13.1. The lowest BCUT2D eigenvalue weighted by Gasteiger charge is -2.31. The van der Waals surface area contributed by atoms with Gasteiger partial charge in [0.05, 0.1) is 20.3 Å². The van der Waals surface area contributed by atoms with Gasteiger partial charge in [0.15, 0.2) is 0 Å². The van der Waals surface area contributed by atoms with Crippen LogP contribution in [-0.4, -0.2) is 62.8 Å². The minimum Gasteiger partial charge on any atom is -0.497 e. The molecule has 1 N–H and O–H groups in total.